The number of rotatable bonds is 2. The minimum atomic E-state index is -3.11. The molecule has 1 aromatic rings. The fraction of sp³-hybridized carbons (Fsp3) is 0.417. The van der Waals surface area contributed by atoms with Gasteiger partial charge in [0.2, 0.25) is 0 Å². The van der Waals surface area contributed by atoms with E-state index in [2.05, 4.69) is 0 Å². The lowest BCUT2D eigenvalue weighted by atomic mass is 9.94. The lowest BCUT2D eigenvalue weighted by Crippen LogP contribution is -2.08. The van der Waals surface area contributed by atoms with Crippen LogP contribution in [0.3, 0.4) is 0 Å². The Labute approximate surface area is 90.8 Å². The van der Waals surface area contributed by atoms with E-state index in [1.165, 1.54) is 12.1 Å². The standard InChI is InChI=1S/C12H13NO/c1-9-2-4-10(5-3-9)12(8-13)6-11(12)7-14/h2-5,11,14H,6-7H2,1H3/t11-,12+/m0/s1/i6D2,7D2,11D. The first-order chi connectivity index (χ1) is 8.56. The maximum Gasteiger partial charge on any atom is 0.0877 e. The average molecular weight is 192 g/mol. The molecule has 2 atom stereocenters. The highest BCUT2D eigenvalue weighted by atomic mass is 16.3. The summed E-state index contributed by atoms with van der Waals surface area (Å²) in [5.41, 5.74) is -0.898. The number of benzene rings is 1. The first kappa shape index (κ1) is 4.95. The van der Waals surface area contributed by atoms with Crippen LogP contribution in [-0.4, -0.2) is 11.7 Å². The molecule has 0 amide bonds. The largest absolute Gasteiger partial charge is 0.396 e. The number of aliphatic hydroxyl groups is 1. The molecule has 1 saturated carbocycles. The highest BCUT2D eigenvalue weighted by molar-refractivity contribution is 5.42. The van der Waals surface area contributed by atoms with Gasteiger partial charge in [-0.25, -0.2) is 0 Å². The zero-order valence-electron chi connectivity index (χ0n) is 12.7. The fourth-order valence-electron chi connectivity index (χ4n) is 1.44. The van der Waals surface area contributed by atoms with E-state index < -0.39 is 24.2 Å². The Bertz CT molecular complexity index is 559. The van der Waals surface area contributed by atoms with Crippen LogP contribution in [0.15, 0.2) is 24.3 Å². The van der Waals surface area contributed by atoms with Crippen LogP contribution in [0.4, 0.5) is 0 Å². The summed E-state index contributed by atoms with van der Waals surface area (Å²) in [6.07, 6.45) is -2.47. The summed E-state index contributed by atoms with van der Waals surface area (Å²) >= 11 is 0. The van der Waals surface area contributed by atoms with Crippen molar-refractivity contribution in [3.8, 4) is 6.07 Å². The lowest BCUT2D eigenvalue weighted by Gasteiger charge is -2.08. The van der Waals surface area contributed by atoms with E-state index >= 15 is 0 Å². The Morgan fingerprint density at radius 1 is 1.79 bits per heavy atom. The second kappa shape index (κ2) is 3.11. The van der Waals surface area contributed by atoms with E-state index in [-0.39, 0.29) is 5.56 Å². The molecule has 14 heavy (non-hydrogen) atoms. The van der Waals surface area contributed by atoms with Crippen LogP contribution in [-0.2, 0) is 5.41 Å². The summed E-state index contributed by atoms with van der Waals surface area (Å²) in [4.78, 5) is 0. The molecule has 0 bridgehead atoms. The molecule has 2 rings (SSSR count). The molecule has 0 saturated heterocycles. The predicted molar refractivity (Wildman–Crippen MR) is 53.7 cm³/mol. The lowest BCUT2D eigenvalue weighted by molar-refractivity contribution is 0.269. The quantitative estimate of drug-likeness (QED) is 0.776. The molecule has 0 unspecified atom stereocenters. The van der Waals surface area contributed by atoms with Gasteiger partial charge in [0.25, 0.3) is 0 Å². The van der Waals surface area contributed by atoms with Crippen LogP contribution >= 0.6 is 0 Å². The third-order valence-corrected chi connectivity index (χ3v) is 2.39. The van der Waals surface area contributed by atoms with Gasteiger partial charge < -0.3 is 5.11 Å². The van der Waals surface area contributed by atoms with Gasteiger partial charge in [-0.2, -0.15) is 5.26 Å². The maximum absolute atomic E-state index is 9.49. The molecule has 1 N–H and O–H groups in total. The molecule has 1 fully saturated rings. The van der Waals surface area contributed by atoms with Crippen molar-refractivity contribution in [1.29, 1.82) is 5.26 Å². The van der Waals surface area contributed by atoms with Crippen molar-refractivity contribution in [2.75, 3.05) is 6.56 Å². The topological polar surface area (TPSA) is 44.0 Å². The van der Waals surface area contributed by atoms with Gasteiger partial charge in [0, 0.05) is 16.6 Å². The van der Waals surface area contributed by atoms with E-state index in [0.717, 1.165) is 5.56 Å². The SMILES string of the molecule is [2H]C([2H])(O)[C@]1([2H])C([2H])([2H])[C@@]1(C#N)c1ccc(C)cc1. The first-order valence-corrected chi connectivity index (χ1v) is 4.27. The highest BCUT2D eigenvalue weighted by Gasteiger charge is 2.55. The Kier molecular flexibility index (Phi) is 1.10. The van der Waals surface area contributed by atoms with Crippen LogP contribution in [0.5, 0.6) is 0 Å². The summed E-state index contributed by atoms with van der Waals surface area (Å²) in [5.74, 6) is -2.54. The van der Waals surface area contributed by atoms with Crippen molar-refractivity contribution in [2.24, 2.45) is 5.89 Å². The van der Waals surface area contributed by atoms with Gasteiger partial charge in [-0.3, -0.25) is 0 Å². The zero-order valence-corrected chi connectivity index (χ0v) is 7.70. The molecule has 0 aromatic heterocycles. The van der Waals surface area contributed by atoms with Gasteiger partial charge in [-0.1, -0.05) is 29.8 Å². The second-order valence-corrected chi connectivity index (χ2v) is 3.34. The van der Waals surface area contributed by atoms with E-state index in [1.54, 1.807) is 18.2 Å². The van der Waals surface area contributed by atoms with Crippen molar-refractivity contribution in [3.63, 3.8) is 0 Å². The molecular weight excluding hydrogens is 174 g/mol. The summed E-state index contributed by atoms with van der Waals surface area (Å²) in [6, 6.07) is 8.04. The minimum Gasteiger partial charge on any atom is -0.396 e. The summed E-state index contributed by atoms with van der Waals surface area (Å²) in [7, 11) is 0. The number of aryl methyl sites for hydroxylation is 1. The molecule has 0 spiro atoms. The van der Waals surface area contributed by atoms with Crippen LogP contribution in [0, 0.1) is 24.1 Å². The zero-order chi connectivity index (χ0) is 14.7. The van der Waals surface area contributed by atoms with Crippen LogP contribution in [0.1, 0.15) is 24.4 Å². The summed E-state index contributed by atoms with van der Waals surface area (Å²) < 4.78 is 38.2. The maximum atomic E-state index is 9.49. The monoisotopic (exact) mass is 192 g/mol. The van der Waals surface area contributed by atoms with Gasteiger partial charge in [0.15, 0.2) is 0 Å². The van der Waals surface area contributed by atoms with Crippen LogP contribution < -0.4 is 0 Å². The highest BCUT2D eigenvalue weighted by Crippen LogP contribution is 2.53. The van der Waals surface area contributed by atoms with Crippen molar-refractivity contribution in [1.82, 2.24) is 0 Å². The van der Waals surface area contributed by atoms with Gasteiger partial charge in [-0.05, 0) is 18.9 Å². The van der Waals surface area contributed by atoms with Crippen molar-refractivity contribution in [2.45, 2.75) is 18.7 Å². The van der Waals surface area contributed by atoms with E-state index in [0.29, 0.717) is 0 Å². The smallest absolute Gasteiger partial charge is 0.0877 e. The van der Waals surface area contributed by atoms with Crippen LogP contribution in [0.2, 0.25) is 0 Å². The van der Waals surface area contributed by atoms with Crippen LogP contribution in [0.25, 0.3) is 0 Å². The normalized spacial score (nSPS) is 44.8. The number of hydrogen-bond donors (Lipinski definition) is 1. The van der Waals surface area contributed by atoms with Crippen molar-refractivity contribution >= 4 is 0 Å². The molecule has 1 aromatic carbocycles. The van der Waals surface area contributed by atoms with Crippen molar-refractivity contribution < 1.29 is 12.0 Å². The predicted octanol–water partition coefficient (Wildman–Crippen LogP) is 1.77. The summed E-state index contributed by atoms with van der Waals surface area (Å²) in [5, 5.41) is 18.8. The average Bonchev–Trinajstić information content (AvgIpc) is 2.71. The third kappa shape index (κ3) is 1.21. The molecule has 1 aliphatic carbocycles. The van der Waals surface area contributed by atoms with Gasteiger partial charge in [0.1, 0.15) is 0 Å². The molecule has 0 radical (unpaired) electrons. The molecule has 2 heteroatoms. The Hall–Kier alpha value is -1.33. The minimum absolute atomic E-state index is 0.207. The molecular formula is C12H13NO. The fourth-order valence-corrected chi connectivity index (χ4v) is 1.44. The Morgan fingerprint density at radius 2 is 2.43 bits per heavy atom. The van der Waals surface area contributed by atoms with E-state index in [1.807, 2.05) is 6.92 Å². The Balaban J connectivity index is 2.65. The van der Waals surface area contributed by atoms with Crippen molar-refractivity contribution in [3.05, 3.63) is 35.4 Å². The third-order valence-electron chi connectivity index (χ3n) is 2.39. The molecule has 72 valence electrons. The summed E-state index contributed by atoms with van der Waals surface area (Å²) in [6.45, 7) is -1.29. The first-order valence-electron chi connectivity index (χ1n) is 6.77. The molecule has 1 aliphatic rings. The van der Waals surface area contributed by atoms with Gasteiger partial charge >= 0.3 is 0 Å². The molecule has 0 heterocycles. The van der Waals surface area contributed by atoms with Gasteiger partial charge in [-0.15, -0.1) is 0 Å². The Morgan fingerprint density at radius 3 is 2.86 bits per heavy atom. The number of nitriles is 1. The van der Waals surface area contributed by atoms with Gasteiger partial charge in [0.05, 0.1) is 14.2 Å². The number of nitrogens with zero attached hydrogens (tertiary/aromatic N) is 1. The molecule has 2 nitrogen and oxygen atoms in total. The second-order valence-electron chi connectivity index (χ2n) is 3.34. The van der Waals surface area contributed by atoms with E-state index in [9.17, 15) is 10.4 Å². The molecule has 0 aliphatic heterocycles. The number of hydrogen-bond acceptors (Lipinski definition) is 2. The van der Waals surface area contributed by atoms with E-state index in [4.69, 9.17) is 6.85 Å².